The molecule has 0 unspecified atom stereocenters. The van der Waals surface area contributed by atoms with Crippen molar-refractivity contribution in [2.24, 2.45) is 0 Å². The number of aliphatic carboxylic acids is 2. The van der Waals surface area contributed by atoms with Gasteiger partial charge in [-0.1, -0.05) is 11.6 Å². The molecule has 8 nitrogen and oxygen atoms in total. The van der Waals surface area contributed by atoms with E-state index in [2.05, 4.69) is 10.2 Å². The van der Waals surface area contributed by atoms with E-state index in [1.807, 2.05) is 19.0 Å². The van der Waals surface area contributed by atoms with Crippen LogP contribution in [0.15, 0.2) is 18.2 Å². The summed E-state index contributed by atoms with van der Waals surface area (Å²) in [5.74, 6) is -4.12. The molecule has 1 aromatic carbocycles. The molecule has 1 aliphatic rings. The summed E-state index contributed by atoms with van der Waals surface area (Å²) >= 11 is 5.63. The van der Waals surface area contributed by atoms with Crippen LogP contribution in [-0.2, 0) is 20.6 Å². The number of anilines is 1. The summed E-state index contributed by atoms with van der Waals surface area (Å²) in [7, 11) is 3.87. The number of benzene rings is 1. The molecule has 0 bridgehead atoms. The lowest BCUT2D eigenvalue weighted by molar-refractivity contribution is -0.159. The molecule has 12 heteroatoms. The van der Waals surface area contributed by atoms with E-state index in [0.717, 1.165) is 32.0 Å². The quantitative estimate of drug-likeness (QED) is 0.601. The van der Waals surface area contributed by atoms with Crippen molar-refractivity contribution < 1.29 is 37.8 Å². The molecule has 0 spiro atoms. The Hall–Kier alpha value is -2.37. The topological polar surface area (TPSA) is 110 Å². The number of carboxylic acids is 2. The highest BCUT2D eigenvalue weighted by atomic mass is 35.5. The number of nitrogens with zero attached hydrogens (tertiary/aromatic N) is 2. The van der Waals surface area contributed by atoms with Crippen LogP contribution in [0.1, 0.15) is 18.4 Å². The van der Waals surface area contributed by atoms with Gasteiger partial charge in [0, 0.05) is 11.1 Å². The molecule has 1 saturated heterocycles. The summed E-state index contributed by atoms with van der Waals surface area (Å²) in [5, 5.41) is 17.1. The molecule has 1 heterocycles. The molecule has 0 saturated carbocycles. The molecule has 0 aromatic heterocycles. The average Bonchev–Trinajstić information content (AvgIpc) is 2.63. The molecule has 2 rings (SSSR count). The summed E-state index contributed by atoms with van der Waals surface area (Å²) in [5.41, 5.74) is -1.21. The van der Waals surface area contributed by atoms with Crippen molar-refractivity contribution in [2.75, 3.05) is 39.0 Å². The number of hydrogen-bond donors (Lipinski definition) is 3. The minimum atomic E-state index is -4.58. The predicted molar refractivity (Wildman–Crippen MR) is 104 cm³/mol. The van der Waals surface area contributed by atoms with Gasteiger partial charge in [-0.15, -0.1) is 0 Å². The zero-order chi connectivity index (χ0) is 23.1. The molecule has 30 heavy (non-hydrogen) atoms. The Bertz CT molecular complexity index is 756. The van der Waals surface area contributed by atoms with Crippen molar-refractivity contribution in [3.63, 3.8) is 0 Å². The van der Waals surface area contributed by atoms with E-state index in [0.29, 0.717) is 0 Å². The van der Waals surface area contributed by atoms with Gasteiger partial charge < -0.3 is 20.4 Å². The zero-order valence-electron chi connectivity index (χ0n) is 16.4. The van der Waals surface area contributed by atoms with Gasteiger partial charge >= 0.3 is 18.1 Å². The first kappa shape index (κ1) is 25.7. The highest BCUT2D eigenvalue weighted by Crippen LogP contribution is 2.36. The van der Waals surface area contributed by atoms with E-state index >= 15 is 0 Å². The maximum atomic E-state index is 13.0. The van der Waals surface area contributed by atoms with Crippen molar-refractivity contribution in [1.82, 2.24) is 9.80 Å². The van der Waals surface area contributed by atoms with Gasteiger partial charge in [0.05, 0.1) is 17.8 Å². The zero-order valence-corrected chi connectivity index (χ0v) is 17.1. The van der Waals surface area contributed by atoms with Crippen molar-refractivity contribution in [3.8, 4) is 0 Å². The van der Waals surface area contributed by atoms with Crippen LogP contribution in [-0.4, -0.2) is 77.6 Å². The normalized spacial score (nSPS) is 15.3. The van der Waals surface area contributed by atoms with Gasteiger partial charge in [-0.05, 0) is 58.2 Å². The van der Waals surface area contributed by atoms with E-state index in [4.69, 9.17) is 31.4 Å². The van der Waals surface area contributed by atoms with Crippen LogP contribution in [0.5, 0.6) is 0 Å². The second-order valence-corrected chi connectivity index (χ2v) is 7.23. The van der Waals surface area contributed by atoms with E-state index < -0.39 is 29.6 Å². The maximum absolute atomic E-state index is 13.0. The highest BCUT2D eigenvalue weighted by molar-refractivity contribution is 6.30. The van der Waals surface area contributed by atoms with Gasteiger partial charge in [0.15, 0.2) is 0 Å². The number of alkyl halides is 3. The first-order valence-corrected chi connectivity index (χ1v) is 9.20. The highest BCUT2D eigenvalue weighted by Gasteiger charge is 2.34. The molecule has 168 valence electrons. The van der Waals surface area contributed by atoms with Gasteiger partial charge in [0.25, 0.3) is 0 Å². The molecule has 0 atom stereocenters. The third kappa shape index (κ3) is 8.56. The minimum absolute atomic E-state index is 0.0243. The fraction of sp³-hybridized carbons (Fsp3) is 0.500. The lowest BCUT2D eigenvalue weighted by Gasteiger charge is -2.34. The number of carbonyl (C=O) groups is 3. The summed E-state index contributed by atoms with van der Waals surface area (Å²) in [6.07, 6.45) is -2.70. The average molecular weight is 454 g/mol. The number of piperidine rings is 1. The SMILES string of the molecule is CN1CCC(N(C)CC(=O)Nc2ccc(Cl)cc2C(F)(F)F)CC1.O=C(O)C(=O)O. The van der Waals surface area contributed by atoms with Crippen LogP contribution in [0.4, 0.5) is 18.9 Å². The number of likely N-dealkylation sites (tertiary alicyclic amines) is 1. The summed E-state index contributed by atoms with van der Waals surface area (Å²) in [6.45, 7) is 1.95. The number of hydrogen-bond acceptors (Lipinski definition) is 5. The lowest BCUT2D eigenvalue weighted by atomic mass is 10.0. The van der Waals surface area contributed by atoms with Crippen LogP contribution in [0, 0.1) is 0 Å². The molecule has 1 aromatic rings. The molecule has 1 aliphatic heterocycles. The Morgan fingerprint density at radius 2 is 1.73 bits per heavy atom. The molecule has 0 aliphatic carbocycles. The van der Waals surface area contributed by atoms with Crippen molar-refractivity contribution in [3.05, 3.63) is 28.8 Å². The van der Waals surface area contributed by atoms with Crippen LogP contribution in [0.2, 0.25) is 5.02 Å². The molecular weight excluding hydrogens is 431 g/mol. The summed E-state index contributed by atoms with van der Waals surface area (Å²) in [6, 6.07) is 3.59. The van der Waals surface area contributed by atoms with Crippen LogP contribution >= 0.6 is 11.6 Å². The van der Waals surface area contributed by atoms with Crippen LogP contribution in [0.25, 0.3) is 0 Å². The van der Waals surface area contributed by atoms with Gasteiger partial charge in [0.2, 0.25) is 5.91 Å². The monoisotopic (exact) mass is 453 g/mol. The Balaban J connectivity index is 0.000000656. The first-order chi connectivity index (χ1) is 13.8. The molecular formula is C18H23ClF3N3O5. The second kappa shape index (κ2) is 11.1. The van der Waals surface area contributed by atoms with Crippen molar-refractivity contribution >= 4 is 35.1 Å². The number of carboxylic acid groups (broad SMARTS) is 2. The van der Waals surface area contributed by atoms with E-state index in [1.165, 1.54) is 12.1 Å². The van der Waals surface area contributed by atoms with E-state index in [1.54, 1.807) is 0 Å². The fourth-order valence-corrected chi connectivity index (χ4v) is 3.01. The molecule has 1 fully saturated rings. The Morgan fingerprint density at radius 3 is 2.20 bits per heavy atom. The maximum Gasteiger partial charge on any atom is 0.418 e. The Kier molecular flexibility index (Phi) is 9.53. The number of amides is 1. The smallest absolute Gasteiger partial charge is 0.418 e. The summed E-state index contributed by atoms with van der Waals surface area (Å²) in [4.78, 5) is 34.4. The molecule has 0 radical (unpaired) electrons. The fourth-order valence-electron chi connectivity index (χ4n) is 2.84. The number of likely N-dealkylation sites (N-methyl/N-ethyl adjacent to an activating group) is 1. The number of rotatable bonds is 4. The Morgan fingerprint density at radius 1 is 1.20 bits per heavy atom. The molecule has 3 N–H and O–H groups in total. The van der Waals surface area contributed by atoms with Crippen molar-refractivity contribution in [2.45, 2.75) is 25.1 Å². The van der Waals surface area contributed by atoms with Gasteiger partial charge in [-0.25, -0.2) is 9.59 Å². The van der Waals surface area contributed by atoms with Gasteiger partial charge in [-0.3, -0.25) is 9.69 Å². The van der Waals surface area contributed by atoms with Gasteiger partial charge in [0.1, 0.15) is 0 Å². The predicted octanol–water partition coefficient (Wildman–Crippen LogP) is 2.48. The Labute approximate surface area is 176 Å². The number of halogens is 4. The van der Waals surface area contributed by atoms with E-state index in [-0.39, 0.29) is 23.3 Å². The van der Waals surface area contributed by atoms with Crippen molar-refractivity contribution in [1.29, 1.82) is 0 Å². The van der Waals surface area contributed by atoms with Crippen LogP contribution < -0.4 is 5.32 Å². The molecule has 1 amide bonds. The third-order valence-electron chi connectivity index (χ3n) is 4.45. The lowest BCUT2D eigenvalue weighted by Crippen LogP contribution is -2.44. The minimum Gasteiger partial charge on any atom is -0.473 e. The number of nitrogens with one attached hydrogen (secondary N) is 1. The first-order valence-electron chi connectivity index (χ1n) is 8.82. The second-order valence-electron chi connectivity index (χ2n) is 6.80. The van der Waals surface area contributed by atoms with Gasteiger partial charge in [-0.2, -0.15) is 13.2 Å². The largest absolute Gasteiger partial charge is 0.473 e. The standard InChI is InChI=1S/C16H21ClF3N3O.C2H2O4/c1-22-7-5-12(6-8-22)23(2)10-15(24)21-14-4-3-11(17)9-13(14)16(18,19)20;3-1(4)2(5)6/h3-4,9,12H,5-8,10H2,1-2H3,(H,21,24);(H,3,4)(H,5,6). The van der Waals surface area contributed by atoms with E-state index in [9.17, 15) is 18.0 Å². The third-order valence-corrected chi connectivity index (χ3v) is 4.68. The summed E-state index contributed by atoms with van der Waals surface area (Å²) < 4.78 is 39.1. The van der Waals surface area contributed by atoms with Crippen LogP contribution in [0.3, 0.4) is 0 Å². The number of carbonyl (C=O) groups excluding carboxylic acids is 1.